The van der Waals surface area contributed by atoms with Crippen LogP contribution in [0.15, 0.2) is 36.4 Å². The Bertz CT molecular complexity index is 602. The molecule has 0 radical (unpaired) electrons. The molecule has 92 valence electrons. The van der Waals surface area contributed by atoms with Crippen LogP contribution in [0.4, 0.5) is 5.69 Å². The van der Waals surface area contributed by atoms with Crippen molar-refractivity contribution in [2.45, 2.75) is 12.8 Å². The first-order chi connectivity index (χ1) is 8.75. The van der Waals surface area contributed by atoms with Gasteiger partial charge in [0.15, 0.2) is 0 Å². The molecule has 2 aromatic carbocycles. The number of hydrogen-bond donors (Lipinski definition) is 2. The number of rotatable bonds is 4. The molecule has 0 atom stereocenters. The minimum atomic E-state index is -0.875. The first kappa shape index (κ1) is 11.1. The largest absolute Gasteiger partial charge is 0.478 e. The molecular weight excluding hydrogens is 226 g/mol. The summed E-state index contributed by atoms with van der Waals surface area (Å²) in [7, 11) is 0. The average molecular weight is 241 g/mol. The Morgan fingerprint density at radius 3 is 2.56 bits per heavy atom. The summed E-state index contributed by atoms with van der Waals surface area (Å²) in [6, 6.07) is 11.2. The van der Waals surface area contributed by atoms with Crippen molar-refractivity contribution in [3.63, 3.8) is 0 Å². The Morgan fingerprint density at radius 1 is 1.17 bits per heavy atom. The summed E-state index contributed by atoms with van der Waals surface area (Å²) in [5, 5.41) is 14.4. The number of nitrogens with one attached hydrogen (secondary N) is 1. The lowest BCUT2D eigenvalue weighted by atomic mass is 10.0. The van der Waals surface area contributed by atoms with E-state index in [2.05, 4.69) is 5.32 Å². The van der Waals surface area contributed by atoms with Crippen LogP contribution in [-0.4, -0.2) is 17.6 Å². The van der Waals surface area contributed by atoms with Gasteiger partial charge < -0.3 is 10.4 Å². The lowest BCUT2D eigenvalue weighted by Crippen LogP contribution is -2.05. The van der Waals surface area contributed by atoms with Crippen molar-refractivity contribution < 1.29 is 9.90 Å². The third kappa shape index (κ3) is 2.04. The van der Waals surface area contributed by atoms with Gasteiger partial charge in [0, 0.05) is 17.6 Å². The SMILES string of the molecule is O=C(O)c1ccc(NCC2CC2)c2ccccc12. The molecule has 0 unspecified atom stereocenters. The van der Waals surface area contributed by atoms with Crippen molar-refractivity contribution in [1.29, 1.82) is 0 Å². The van der Waals surface area contributed by atoms with Crippen LogP contribution in [0.2, 0.25) is 0 Å². The van der Waals surface area contributed by atoms with E-state index in [4.69, 9.17) is 0 Å². The van der Waals surface area contributed by atoms with Gasteiger partial charge in [-0.15, -0.1) is 0 Å². The molecule has 1 aliphatic carbocycles. The second-order valence-corrected chi connectivity index (χ2v) is 4.84. The summed E-state index contributed by atoms with van der Waals surface area (Å²) < 4.78 is 0. The van der Waals surface area contributed by atoms with E-state index in [0.717, 1.165) is 28.9 Å². The zero-order valence-corrected chi connectivity index (χ0v) is 10.0. The van der Waals surface area contributed by atoms with Crippen LogP contribution < -0.4 is 5.32 Å². The minimum Gasteiger partial charge on any atom is -0.478 e. The van der Waals surface area contributed by atoms with Gasteiger partial charge in [-0.25, -0.2) is 4.79 Å². The summed E-state index contributed by atoms with van der Waals surface area (Å²) in [4.78, 5) is 11.2. The molecule has 1 fully saturated rings. The maximum atomic E-state index is 11.2. The van der Waals surface area contributed by atoms with Crippen molar-refractivity contribution >= 4 is 22.4 Å². The number of aromatic carboxylic acids is 1. The molecular formula is C15H15NO2. The highest BCUT2D eigenvalue weighted by molar-refractivity contribution is 6.07. The lowest BCUT2D eigenvalue weighted by Gasteiger charge is -2.11. The molecule has 1 aliphatic rings. The topological polar surface area (TPSA) is 49.3 Å². The molecule has 0 spiro atoms. The first-order valence-corrected chi connectivity index (χ1v) is 6.24. The Kier molecular flexibility index (Phi) is 2.67. The van der Waals surface area contributed by atoms with E-state index in [1.807, 2.05) is 30.3 Å². The van der Waals surface area contributed by atoms with E-state index in [0.29, 0.717) is 5.56 Å². The van der Waals surface area contributed by atoms with Crippen LogP contribution in [0.25, 0.3) is 10.8 Å². The highest BCUT2D eigenvalue weighted by Crippen LogP contribution is 2.31. The predicted molar refractivity (Wildman–Crippen MR) is 72.1 cm³/mol. The van der Waals surface area contributed by atoms with E-state index in [-0.39, 0.29) is 0 Å². The molecule has 0 amide bonds. The van der Waals surface area contributed by atoms with Gasteiger partial charge in [-0.2, -0.15) is 0 Å². The summed E-state index contributed by atoms with van der Waals surface area (Å²) in [6.45, 7) is 0.983. The first-order valence-electron chi connectivity index (χ1n) is 6.24. The molecule has 0 heterocycles. The Hall–Kier alpha value is -2.03. The maximum absolute atomic E-state index is 11.2. The minimum absolute atomic E-state index is 0.363. The standard InChI is InChI=1S/C15H15NO2/c17-15(18)13-7-8-14(16-9-10-5-6-10)12-4-2-1-3-11(12)13/h1-4,7-8,10,16H,5-6,9H2,(H,17,18). The van der Waals surface area contributed by atoms with Crippen molar-refractivity contribution in [2.24, 2.45) is 5.92 Å². The molecule has 0 bridgehead atoms. The summed E-state index contributed by atoms with van der Waals surface area (Å²) in [6.07, 6.45) is 2.61. The summed E-state index contributed by atoms with van der Waals surface area (Å²) >= 11 is 0. The van der Waals surface area contributed by atoms with Crippen LogP contribution in [-0.2, 0) is 0 Å². The van der Waals surface area contributed by atoms with Crippen molar-refractivity contribution in [1.82, 2.24) is 0 Å². The fraction of sp³-hybridized carbons (Fsp3) is 0.267. The number of hydrogen-bond acceptors (Lipinski definition) is 2. The highest BCUT2D eigenvalue weighted by atomic mass is 16.4. The normalized spacial score (nSPS) is 14.7. The third-order valence-electron chi connectivity index (χ3n) is 3.43. The number of benzene rings is 2. The van der Waals surface area contributed by atoms with Crippen LogP contribution in [0, 0.1) is 5.92 Å². The summed E-state index contributed by atoms with van der Waals surface area (Å²) in [5.74, 6) is -0.0807. The molecule has 2 N–H and O–H groups in total. The van der Waals surface area contributed by atoms with E-state index in [9.17, 15) is 9.90 Å². The lowest BCUT2D eigenvalue weighted by molar-refractivity contribution is 0.0699. The van der Waals surface area contributed by atoms with Gasteiger partial charge in [0.1, 0.15) is 0 Å². The Morgan fingerprint density at radius 2 is 1.89 bits per heavy atom. The Labute approximate surface area is 105 Å². The number of carboxylic acids is 1. The van der Waals surface area contributed by atoms with Crippen molar-refractivity contribution in [2.75, 3.05) is 11.9 Å². The molecule has 0 aromatic heterocycles. The smallest absolute Gasteiger partial charge is 0.336 e. The van der Waals surface area contributed by atoms with E-state index < -0.39 is 5.97 Å². The fourth-order valence-electron chi connectivity index (χ4n) is 2.22. The van der Waals surface area contributed by atoms with E-state index >= 15 is 0 Å². The van der Waals surface area contributed by atoms with Gasteiger partial charge in [0.2, 0.25) is 0 Å². The average Bonchev–Trinajstić information content (AvgIpc) is 3.19. The zero-order chi connectivity index (χ0) is 12.5. The third-order valence-corrected chi connectivity index (χ3v) is 3.43. The highest BCUT2D eigenvalue weighted by Gasteiger charge is 2.21. The molecule has 3 rings (SSSR count). The number of anilines is 1. The van der Waals surface area contributed by atoms with Gasteiger partial charge in [0.25, 0.3) is 0 Å². The second kappa shape index (κ2) is 4.33. The molecule has 0 aliphatic heterocycles. The molecule has 18 heavy (non-hydrogen) atoms. The fourth-order valence-corrected chi connectivity index (χ4v) is 2.22. The van der Waals surface area contributed by atoms with E-state index in [1.165, 1.54) is 12.8 Å². The van der Waals surface area contributed by atoms with Crippen LogP contribution >= 0.6 is 0 Å². The second-order valence-electron chi connectivity index (χ2n) is 4.84. The molecule has 0 saturated heterocycles. The van der Waals surface area contributed by atoms with E-state index in [1.54, 1.807) is 6.07 Å². The number of fused-ring (bicyclic) bond motifs is 1. The number of carboxylic acid groups (broad SMARTS) is 1. The van der Waals surface area contributed by atoms with Crippen molar-refractivity contribution in [3.8, 4) is 0 Å². The maximum Gasteiger partial charge on any atom is 0.336 e. The van der Waals surface area contributed by atoms with Crippen LogP contribution in [0.1, 0.15) is 23.2 Å². The Balaban J connectivity index is 2.04. The molecule has 3 nitrogen and oxygen atoms in total. The monoisotopic (exact) mass is 241 g/mol. The predicted octanol–water partition coefficient (Wildman–Crippen LogP) is 3.36. The molecule has 1 saturated carbocycles. The zero-order valence-electron chi connectivity index (χ0n) is 10.0. The molecule has 2 aromatic rings. The summed E-state index contributed by atoms with van der Waals surface area (Å²) in [5.41, 5.74) is 1.39. The van der Waals surface area contributed by atoms with Gasteiger partial charge in [-0.1, -0.05) is 24.3 Å². The van der Waals surface area contributed by atoms with Crippen molar-refractivity contribution in [3.05, 3.63) is 42.0 Å². The van der Waals surface area contributed by atoms with Gasteiger partial charge in [-0.05, 0) is 36.3 Å². The number of carbonyl (C=O) groups is 1. The van der Waals surface area contributed by atoms with Crippen LogP contribution in [0.3, 0.4) is 0 Å². The molecule has 3 heteroatoms. The quantitative estimate of drug-likeness (QED) is 0.862. The van der Waals surface area contributed by atoms with Gasteiger partial charge in [-0.3, -0.25) is 0 Å². The van der Waals surface area contributed by atoms with Gasteiger partial charge >= 0.3 is 5.97 Å². The van der Waals surface area contributed by atoms with Crippen LogP contribution in [0.5, 0.6) is 0 Å². The van der Waals surface area contributed by atoms with Gasteiger partial charge in [0.05, 0.1) is 5.56 Å².